The molecule has 18 heavy (non-hydrogen) atoms. The average molecular weight is 253 g/mol. The lowest BCUT2D eigenvalue weighted by atomic mass is 9.73. The number of ether oxygens (including phenoxy) is 1. The highest BCUT2D eigenvalue weighted by molar-refractivity contribution is 4.80. The summed E-state index contributed by atoms with van der Waals surface area (Å²) in [5.74, 6) is 2.86. The molecule has 0 aromatic rings. The summed E-state index contributed by atoms with van der Waals surface area (Å²) in [6, 6.07) is 0.635. The first-order valence-electron chi connectivity index (χ1n) is 8.07. The van der Waals surface area contributed by atoms with Crippen LogP contribution in [0, 0.1) is 17.8 Å². The minimum absolute atomic E-state index is 0.635. The Labute approximate surface area is 113 Å². The van der Waals surface area contributed by atoms with Crippen LogP contribution < -0.4 is 5.32 Å². The molecule has 106 valence electrons. The van der Waals surface area contributed by atoms with Gasteiger partial charge in [-0.25, -0.2) is 0 Å². The third-order valence-corrected chi connectivity index (χ3v) is 4.83. The van der Waals surface area contributed by atoms with E-state index in [2.05, 4.69) is 19.2 Å². The van der Waals surface area contributed by atoms with Crippen molar-refractivity contribution in [1.29, 1.82) is 0 Å². The largest absolute Gasteiger partial charge is 0.381 e. The zero-order valence-corrected chi connectivity index (χ0v) is 12.3. The third-order valence-electron chi connectivity index (χ3n) is 4.83. The maximum absolute atomic E-state index is 5.48. The Kier molecular flexibility index (Phi) is 5.97. The summed E-state index contributed by atoms with van der Waals surface area (Å²) < 4.78 is 5.48. The van der Waals surface area contributed by atoms with Crippen molar-refractivity contribution in [3.05, 3.63) is 0 Å². The Morgan fingerprint density at radius 1 is 1.00 bits per heavy atom. The van der Waals surface area contributed by atoms with Crippen molar-refractivity contribution >= 4 is 0 Å². The molecular formula is C16H31NO. The second-order valence-corrected chi connectivity index (χ2v) is 6.66. The number of hydrogen-bond acceptors (Lipinski definition) is 2. The SMILES string of the molecule is CC(C)NCC1CCCCC1CC1CCOCC1. The summed E-state index contributed by atoms with van der Waals surface area (Å²) in [4.78, 5) is 0. The van der Waals surface area contributed by atoms with Crippen LogP contribution in [0.25, 0.3) is 0 Å². The van der Waals surface area contributed by atoms with E-state index in [-0.39, 0.29) is 0 Å². The van der Waals surface area contributed by atoms with Gasteiger partial charge in [-0.3, -0.25) is 0 Å². The second-order valence-electron chi connectivity index (χ2n) is 6.66. The van der Waals surface area contributed by atoms with Gasteiger partial charge in [0.2, 0.25) is 0 Å². The minimum atomic E-state index is 0.635. The first-order valence-corrected chi connectivity index (χ1v) is 8.07. The fourth-order valence-electron chi connectivity index (χ4n) is 3.66. The Morgan fingerprint density at radius 3 is 2.33 bits per heavy atom. The van der Waals surface area contributed by atoms with Crippen molar-refractivity contribution < 1.29 is 4.74 Å². The molecule has 1 aliphatic heterocycles. The van der Waals surface area contributed by atoms with Gasteiger partial charge in [0.25, 0.3) is 0 Å². The molecule has 0 aromatic heterocycles. The topological polar surface area (TPSA) is 21.3 Å². The summed E-state index contributed by atoms with van der Waals surface area (Å²) in [5.41, 5.74) is 0. The van der Waals surface area contributed by atoms with Gasteiger partial charge in [-0.2, -0.15) is 0 Å². The fraction of sp³-hybridized carbons (Fsp3) is 1.00. The molecule has 1 saturated carbocycles. The quantitative estimate of drug-likeness (QED) is 0.808. The smallest absolute Gasteiger partial charge is 0.0468 e. The van der Waals surface area contributed by atoms with Crippen LogP contribution in [0.1, 0.15) is 58.8 Å². The predicted octanol–water partition coefficient (Wildman–Crippen LogP) is 3.61. The monoisotopic (exact) mass is 253 g/mol. The van der Waals surface area contributed by atoms with E-state index in [0.717, 1.165) is 31.0 Å². The number of hydrogen-bond donors (Lipinski definition) is 1. The Bertz CT molecular complexity index is 223. The molecular weight excluding hydrogens is 222 g/mol. The molecule has 1 saturated heterocycles. The highest BCUT2D eigenvalue weighted by Crippen LogP contribution is 2.36. The lowest BCUT2D eigenvalue weighted by molar-refractivity contribution is 0.0504. The highest BCUT2D eigenvalue weighted by atomic mass is 16.5. The molecule has 1 N–H and O–H groups in total. The molecule has 0 spiro atoms. The molecule has 0 bridgehead atoms. The maximum atomic E-state index is 5.48. The molecule has 2 atom stereocenters. The number of nitrogens with one attached hydrogen (secondary N) is 1. The van der Waals surface area contributed by atoms with Gasteiger partial charge >= 0.3 is 0 Å². The Balaban J connectivity index is 1.78. The van der Waals surface area contributed by atoms with E-state index in [9.17, 15) is 0 Å². The zero-order valence-electron chi connectivity index (χ0n) is 12.3. The number of rotatable bonds is 5. The van der Waals surface area contributed by atoms with Crippen LogP contribution in [-0.4, -0.2) is 25.8 Å². The molecule has 2 rings (SSSR count). The van der Waals surface area contributed by atoms with Crippen molar-refractivity contribution in [1.82, 2.24) is 5.32 Å². The van der Waals surface area contributed by atoms with Crippen LogP contribution in [0.5, 0.6) is 0 Å². The molecule has 1 heterocycles. The Morgan fingerprint density at radius 2 is 1.67 bits per heavy atom. The van der Waals surface area contributed by atoms with Crippen LogP contribution in [-0.2, 0) is 4.74 Å². The standard InChI is InChI=1S/C16H31NO/c1-13(2)17-12-16-6-4-3-5-15(16)11-14-7-9-18-10-8-14/h13-17H,3-12H2,1-2H3. The van der Waals surface area contributed by atoms with Gasteiger partial charge in [0.1, 0.15) is 0 Å². The third kappa shape index (κ3) is 4.55. The second kappa shape index (κ2) is 7.49. The van der Waals surface area contributed by atoms with Gasteiger partial charge in [-0.05, 0) is 50.0 Å². The van der Waals surface area contributed by atoms with Crippen molar-refractivity contribution in [2.45, 2.75) is 64.8 Å². The van der Waals surface area contributed by atoms with Gasteiger partial charge < -0.3 is 10.1 Å². The van der Waals surface area contributed by atoms with Crippen molar-refractivity contribution in [2.75, 3.05) is 19.8 Å². The van der Waals surface area contributed by atoms with Crippen molar-refractivity contribution in [3.63, 3.8) is 0 Å². The van der Waals surface area contributed by atoms with Crippen LogP contribution in [0.4, 0.5) is 0 Å². The summed E-state index contributed by atoms with van der Waals surface area (Å²) >= 11 is 0. The molecule has 0 radical (unpaired) electrons. The normalized spacial score (nSPS) is 30.8. The van der Waals surface area contributed by atoms with Gasteiger partial charge in [0.05, 0.1) is 0 Å². The van der Waals surface area contributed by atoms with E-state index >= 15 is 0 Å². The Hall–Kier alpha value is -0.0800. The molecule has 1 aliphatic carbocycles. The van der Waals surface area contributed by atoms with Gasteiger partial charge in [-0.1, -0.05) is 33.1 Å². The molecule has 2 nitrogen and oxygen atoms in total. The average Bonchev–Trinajstić information content (AvgIpc) is 2.39. The van der Waals surface area contributed by atoms with E-state index in [1.165, 1.54) is 51.5 Å². The van der Waals surface area contributed by atoms with Crippen LogP contribution in [0.15, 0.2) is 0 Å². The summed E-state index contributed by atoms with van der Waals surface area (Å²) in [7, 11) is 0. The zero-order chi connectivity index (χ0) is 12.8. The van der Waals surface area contributed by atoms with E-state index in [4.69, 9.17) is 4.74 Å². The van der Waals surface area contributed by atoms with Crippen LogP contribution >= 0.6 is 0 Å². The van der Waals surface area contributed by atoms with E-state index in [1.807, 2.05) is 0 Å². The van der Waals surface area contributed by atoms with E-state index < -0.39 is 0 Å². The predicted molar refractivity (Wildman–Crippen MR) is 76.7 cm³/mol. The highest BCUT2D eigenvalue weighted by Gasteiger charge is 2.28. The lowest BCUT2D eigenvalue weighted by Gasteiger charge is -2.35. The van der Waals surface area contributed by atoms with Crippen LogP contribution in [0.2, 0.25) is 0 Å². The molecule has 2 fully saturated rings. The van der Waals surface area contributed by atoms with Crippen molar-refractivity contribution in [2.24, 2.45) is 17.8 Å². The molecule has 2 aliphatic rings. The van der Waals surface area contributed by atoms with E-state index in [1.54, 1.807) is 0 Å². The van der Waals surface area contributed by atoms with Crippen molar-refractivity contribution in [3.8, 4) is 0 Å². The molecule has 0 amide bonds. The van der Waals surface area contributed by atoms with Gasteiger partial charge in [-0.15, -0.1) is 0 Å². The first kappa shape index (κ1) is 14.3. The maximum Gasteiger partial charge on any atom is 0.0468 e. The van der Waals surface area contributed by atoms with E-state index in [0.29, 0.717) is 6.04 Å². The van der Waals surface area contributed by atoms with Gasteiger partial charge in [0.15, 0.2) is 0 Å². The van der Waals surface area contributed by atoms with Crippen LogP contribution in [0.3, 0.4) is 0 Å². The minimum Gasteiger partial charge on any atom is -0.381 e. The first-order chi connectivity index (χ1) is 8.75. The summed E-state index contributed by atoms with van der Waals surface area (Å²) in [6.45, 7) is 7.77. The summed E-state index contributed by atoms with van der Waals surface area (Å²) in [6.07, 6.45) is 9.92. The fourth-order valence-corrected chi connectivity index (χ4v) is 3.66. The molecule has 2 unspecified atom stereocenters. The summed E-state index contributed by atoms with van der Waals surface area (Å²) in [5, 5.41) is 3.66. The lowest BCUT2D eigenvalue weighted by Crippen LogP contribution is -2.35. The molecule has 0 aromatic carbocycles. The molecule has 2 heteroatoms. The van der Waals surface area contributed by atoms with Gasteiger partial charge in [0, 0.05) is 19.3 Å².